The van der Waals surface area contributed by atoms with E-state index in [0.29, 0.717) is 12.1 Å². The van der Waals surface area contributed by atoms with Crippen LogP contribution in [0.5, 0.6) is 0 Å². The molecular formula is C22H21FN2O3S. The fourth-order valence-corrected chi connectivity index (χ4v) is 3.85. The quantitative estimate of drug-likeness (QED) is 0.612. The summed E-state index contributed by atoms with van der Waals surface area (Å²) in [6, 6.07) is 20.8. The van der Waals surface area contributed by atoms with Crippen molar-refractivity contribution in [2.45, 2.75) is 17.7 Å². The highest BCUT2D eigenvalue weighted by molar-refractivity contribution is 7.92. The topological polar surface area (TPSA) is 75.3 Å². The summed E-state index contributed by atoms with van der Waals surface area (Å²) < 4.78 is 40.8. The molecule has 0 radical (unpaired) electrons. The Labute approximate surface area is 169 Å². The van der Waals surface area contributed by atoms with Crippen LogP contribution in [0.4, 0.5) is 10.1 Å². The minimum absolute atomic E-state index is 0.0602. The Balaban J connectivity index is 1.64. The van der Waals surface area contributed by atoms with Crippen molar-refractivity contribution in [3.05, 3.63) is 95.8 Å². The van der Waals surface area contributed by atoms with E-state index in [2.05, 4.69) is 10.0 Å². The second-order valence-electron chi connectivity index (χ2n) is 6.63. The van der Waals surface area contributed by atoms with Gasteiger partial charge in [-0.3, -0.25) is 9.52 Å². The predicted octanol–water partition coefficient (Wildman–Crippen LogP) is 4.16. The van der Waals surface area contributed by atoms with Gasteiger partial charge in [-0.15, -0.1) is 0 Å². The number of para-hydroxylation sites is 1. The van der Waals surface area contributed by atoms with Crippen LogP contribution in [0.25, 0.3) is 0 Å². The Hall–Kier alpha value is -3.19. The van der Waals surface area contributed by atoms with Crippen molar-refractivity contribution in [3.8, 4) is 0 Å². The second kappa shape index (κ2) is 8.87. The molecule has 3 aromatic carbocycles. The van der Waals surface area contributed by atoms with Crippen molar-refractivity contribution in [2.24, 2.45) is 0 Å². The lowest BCUT2D eigenvalue weighted by atomic mass is 10.0. The third-order valence-corrected chi connectivity index (χ3v) is 5.86. The van der Waals surface area contributed by atoms with Crippen LogP contribution in [-0.4, -0.2) is 20.9 Å². The Kier molecular flexibility index (Phi) is 6.29. The molecule has 1 atom stereocenters. The molecule has 3 aromatic rings. The molecule has 150 valence electrons. The summed E-state index contributed by atoms with van der Waals surface area (Å²) in [4.78, 5) is 12.3. The maximum absolute atomic E-state index is 13.7. The van der Waals surface area contributed by atoms with E-state index in [-0.39, 0.29) is 22.4 Å². The Morgan fingerprint density at radius 1 is 0.931 bits per heavy atom. The van der Waals surface area contributed by atoms with Gasteiger partial charge in [-0.2, -0.15) is 0 Å². The monoisotopic (exact) mass is 412 g/mol. The average molecular weight is 412 g/mol. The molecule has 2 N–H and O–H groups in total. The Bertz CT molecular complexity index is 1080. The number of amides is 1. The van der Waals surface area contributed by atoms with Gasteiger partial charge in [0.05, 0.1) is 10.6 Å². The highest BCUT2D eigenvalue weighted by atomic mass is 32.2. The van der Waals surface area contributed by atoms with E-state index in [9.17, 15) is 17.6 Å². The summed E-state index contributed by atoms with van der Waals surface area (Å²) in [5.74, 6) is -0.817. The van der Waals surface area contributed by atoms with E-state index >= 15 is 0 Å². The van der Waals surface area contributed by atoms with Crippen molar-refractivity contribution in [1.29, 1.82) is 0 Å². The molecule has 0 aliphatic carbocycles. The number of carbonyl (C=O) groups excluding carboxylic acids is 1. The van der Waals surface area contributed by atoms with Gasteiger partial charge >= 0.3 is 0 Å². The average Bonchev–Trinajstić information content (AvgIpc) is 2.74. The van der Waals surface area contributed by atoms with Crippen molar-refractivity contribution < 1.29 is 17.6 Å². The number of halogens is 1. The Morgan fingerprint density at radius 3 is 2.21 bits per heavy atom. The van der Waals surface area contributed by atoms with Gasteiger partial charge in [0.25, 0.3) is 15.9 Å². The van der Waals surface area contributed by atoms with Gasteiger partial charge in [0, 0.05) is 12.1 Å². The van der Waals surface area contributed by atoms with Crippen molar-refractivity contribution in [1.82, 2.24) is 5.32 Å². The number of nitrogens with one attached hydrogen (secondary N) is 2. The minimum Gasteiger partial charge on any atom is -0.351 e. The number of anilines is 1. The van der Waals surface area contributed by atoms with Crippen LogP contribution < -0.4 is 10.0 Å². The number of benzene rings is 3. The summed E-state index contributed by atoms with van der Waals surface area (Å²) in [7, 11) is -3.96. The van der Waals surface area contributed by atoms with Crippen molar-refractivity contribution >= 4 is 21.6 Å². The zero-order valence-electron chi connectivity index (χ0n) is 15.8. The highest BCUT2D eigenvalue weighted by Gasteiger charge is 2.17. The lowest BCUT2D eigenvalue weighted by Crippen LogP contribution is -2.27. The van der Waals surface area contributed by atoms with Crippen molar-refractivity contribution in [3.63, 3.8) is 0 Å². The van der Waals surface area contributed by atoms with Crippen molar-refractivity contribution in [2.75, 3.05) is 11.3 Å². The lowest BCUT2D eigenvalue weighted by molar-refractivity contribution is 0.0951. The molecule has 7 heteroatoms. The molecule has 0 bridgehead atoms. The third-order valence-electron chi connectivity index (χ3n) is 4.48. The van der Waals surface area contributed by atoms with Gasteiger partial charge in [-0.1, -0.05) is 49.4 Å². The number of rotatable bonds is 7. The summed E-state index contributed by atoms with van der Waals surface area (Å²) >= 11 is 0. The lowest BCUT2D eigenvalue weighted by Gasteiger charge is -2.13. The molecule has 0 saturated heterocycles. The van der Waals surface area contributed by atoms with Crippen LogP contribution in [0.1, 0.15) is 28.8 Å². The zero-order chi connectivity index (χ0) is 20.9. The maximum atomic E-state index is 13.7. The molecule has 0 saturated carbocycles. The molecule has 3 rings (SSSR count). The Morgan fingerprint density at radius 2 is 1.55 bits per heavy atom. The highest BCUT2D eigenvalue weighted by Crippen LogP contribution is 2.19. The number of hydrogen-bond donors (Lipinski definition) is 2. The van der Waals surface area contributed by atoms with Crippen LogP contribution in [0.15, 0.2) is 83.8 Å². The molecule has 0 fully saturated rings. The van der Waals surface area contributed by atoms with Crippen LogP contribution in [0.2, 0.25) is 0 Å². The van der Waals surface area contributed by atoms with E-state index in [0.717, 1.165) is 5.56 Å². The van der Waals surface area contributed by atoms with E-state index in [1.807, 2.05) is 37.3 Å². The number of carbonyl (C=O) groups is 1. The van der Waals surface area contributed by atoms with E-state index in [4.69, 9.17) is 0 Å². The fourth-order valence-electron chi connectivity index (χ4n) is 2.78. The zero-order valence-corrected chi connectivity index (χ0v) is 16.6. The molecule has 1 amide bonds. The van der Waals surface area contributed by atoms with Crippen LogP contribution in [0.3, 0.4) is 0 Å². The molecule has 0 aliphatic rings. The molecule has 0 spiro atoms. The summed E-state index contributed by atoms with van der Waals surface area (Å²) in [6.45, 7) is 2.47. The van der Waals surface area contributed by atoms with Gasteiger partial charge in [0.2, 0.25) is 0 Å². The van der Waals surface area contributed by atoms with Gasteiger partial charge in [-0.05, 0) is 47.9 Å². The smallest absolute Gasteiger partial charge is 0.261 e. The van der Waals surface area contributed by atoms with Crippen LogP contribution >= 0.6 is 0 Å². The molecule has 0 heterocycles. The van der Waals surface area contributed by atoms with E-state index in [1.54, 1.807) is 0 Å². The van der Waals surface area contributed by atoms with E-state index < -0.39 is 15.8 Å². The van der Waals surface area contributed by atoms with Crippen LogP contribution in [-0.2, 0) is 10.0 Å². The molecule has 1 unspecified atom stereocenters. The first-order chi connectivity index (χ1) is 13.9. The molecule has 0 aromatic heterocycles. The summed E-state index contributed by atoms with van der Waals surface area (Å²) in [6.07, 6.45) is 0. The normalized spacial score (nSPS) is 12.2. The summed E-state index contributed by atoms with van der Waals surface area (Å²) in [5, 5.41) is 2.85. The minimum atomic E-state index is -3.96. The maximum Gasteiger partial charge on any atom is 0.261 e. The molecule has 29 heavy (non-hydrogen) atoms. The first-order valence-electron chi connectivity index (χ1n) is 9.07. The second-order valence-corrected chi connectivity index (χ2v) is 8.31. The van der Waals surface area contributed by atoms with Gasteiger partial charge in [0.1, 0.15) is 5.82 Å². The van der Waals surface area contributed by atoms with Gasteiger partial charge in [-0.25, -0.2) is 12.8 Å². The fraction of sp³-hybridized carbons (Fsp3) is 0.136. The van der Waals surface area contributed by atoms with Gasteiger partial charge in [0.15, 0.2) is 0 Å². The van der Waals surface area contributed by atoms with Gasteiger partial charge < -0.3 is 5.32 Å². The molecular weight excluding hydrogens is 391 g/mol. The van der Waals surface area contributed by atoms with E-state index in [1.165, 1.54) is 48.5 Å². The molecule has 5 nitrogen and oxygen atoms in total. The SMILES string of the molecule is CC(CNC(=O)c1ccc(S(=O)(=O)Nc2ccccc2F)cc1)c1ccccc1. The first-order valence-corrected chi connectivity index (χ1v) is 10.6. The number of hydrogen-bond acceptors (Lipinski definition) is 3. The third kappa shape index (κ3) is 5.20. The first kappa shape index (κ1) is 20.5. The number of sulfonamides is 1. The molecule has 0 aliphatic heterocycles. The predicted molar refractivity (Wildman–Crippen MR) is 111 cm³/mol. The standard InChI is InChI=1S/C22H21FN2O3S/c1-16(17-7-3-2-4-8-17)15-24-22(26)18-11-13-19(14-12-18)29(27,28)25-21-10-6-5-9-20(21)23/h2-14,16,25H,15H2,1H3,(H,24,26). The summed E-state index contributed by atoms with van der Waals surface area (Å²) in [5.41, 5.74) is 1.33. The largest absolute Gasteiger partial charge is 0.351 e. The van der Waals surface area contributed by atoms with Crippen LogP contribution in [0, 0.1) is 5.82 Å².